The van der Waals surface area contributed by atoms with Gasteiger partial charge < -0.3 is 44.5 Å². The van der Waals surface area contributed by atoms with Gasteiger partial charge in [-0.3, -0.25) is 0 Å². The molecule has 0 amide bonds. The molecule has 0 aromatic carbocycles. The molecule has 7 N–H and O–H groups in total. The first-order valence-electron chi connectivity index (χ1n) is 2.87. The highest BCUT2D eigenvalue weighted by molar-refractivity contribution is 6.74. The molecule has 13 heteroatoms. The molecule has 0 aromatic rings. The minimum absolute atomic E-state index is 0. The fourth-order valence-corrected chi connectivity index (χ4v) is 0.728. The molecule has 2 saturated heterocycles. The van der Waals surface area contributed by atoms with Crippen molar-refractivity contribution in [3.8, 4) is 0 Å². The van der Waals surface area contributed by atoms with Crippen LogP contribution < -0.4 is 6.15 Å². The summed E-state index contributed by atoms with van der Waals surface area (Å²) in [4.78, 5) is 0. The fraction of sp³-hybridized carbons (Fsp3) is 0. The SMILES string of the molecule is N.O.OB1OB2OB(O)OB(O1)O2. The van der Waals surface area contributed by atoms with Gasteiger partial charge in [0.2, 0.25) is 0 Å². The monoisotopic (exact) mass is 193 g/mol. The lowest BCUT2D eigenvalue weighted by atomic mass is 9.90. The predicted octanol–water partition coefficient (Wildman–Crippen LogP) is -3.64. The Morgan fingerprint density at radius 3 is 1.31 bits per heavy atom. The van der Waals surface area contributed by atoms with Gasteiger partial charge in [-0.15, -0.1) is 0 Å². The van der Waals surface area contributed by atoms with Crippen molar-refractivity contribution in [2.24, 2.45) is 0 Å². The van der Waals surface area contributed by atoms with Crippen molar-refractivity contribution in [3.63, 3.8) is 0 Å². The zero-order chi connectivity index (χ0) is 7.84. The maximum absolute atomic E-state index is 8.74. The molecule has 2 rings (SSSR count). The third-order valence-electron chi connectivity index (χ3n) is 1.13. The lowest BCUT2D eigenvalue weighted by Crippen LogP contribution is -2.59. The van der Waals surface area contributed by atoms with Crippen LogP contribution in [-0.4, -0.2) is 44.8 Å². The van der Waals surface area contributed by atoms with E-state index in [-0.39, 0.29) is 11.6 Å². The summed E-state index contributed by atoms with van der Waals surface area (Å²) in [5, 5.41) is 17.5. The Bertz CT molecular complexity index is 122. The number of rotatable bonds is 0. The Hall–Kier alpha value is -0.100. The Kier molecular flexibility index (Phi) is 4.91. The maximum Gasteiger partial charge on any atom is 0.612 e. The van der Waals surface area contributed by atoms with Crippen LogP contribution in [0.2, 0.25) is 0 Å². The smallest absolute Gasteiger partial charge is 0.412 e. The van der Waals surface area contributed by atoms with Crippen molar-refractivity contribution in [1.29, 1.82) is 0 Å². The molecule has 72 valence electrons. The molecule has 0 radical (unpaired) electrons. The van der Waals surface area contributed by atoms with E-state index in [9.17, 15) is 0 Å². The van der Waals surface area contributed by atoms with Crippen LogP contribution in [0.4, 0.5) is 0 Å². The molecule has 2 aliphatic rings. The van der Waals surface area contributed by atoms with Crippen molar-refractivity contribution in [3.05, 3.63) is 0 Å². The van der Waals surface area contributed by atoms with Crippen LogP contribution in [0.25, 0.3) is 0 Å². The molecule has 9 nitrogen and oxygen atoms in total. The highest BCUT2D eigenvalue weighted by Crippen LogP contribution is 2.14. The number of hydrogen-bond acceptors (Lipinski definition) is 8. The van der Waals surface area contributed by atoms with Gasteiger partial charge in [0.25, 0.3) is 0 Å². The van der Waals surface area contributed by atoms with Crippen LogP contribution in [0.3, 0.4) is 0 Å². The molecule has 0 spiro atoms. The van der Waals surface area contributed by atoms with E-state index in [1.807, 2.05) is 0 Å². The summed E-state index contributed by atoms with van der Waals surface area (Å²) in [6.45, 7) is 0. The Labute approximate surface area is 74.8 Å². The van der Waals surface area contributed by atoms with Crippen molar-refractivity contribution >= 4 is 29.3 Å². The van der Waals surface area contributed by atoms with Gasteiger partial charge in [0.15, 0.2) is 0 Å². The average molecular weight is 192 g/mol. The molecule has 2 heterocycles. The second-order valence-electron chi connectivity index (χ2n) is 1.87. The van der Waals surface area contributed by atoms with Crippen molar-refractivity contribution in [2.45, 2.75) is 0 Å². The van der Waals surface area contributed by atoms with Gasteiger partial charge in [-0.25, -0.2) is 0 Å². The maximum atomic E-state index is 8.74. The molecule has 2 fully saturated rings. The predicted molar refractivity (Wildman–Crippen MR) is 41.5 cm³/mol. The normalized spacial score (nSPS) is 20.8. The minimum Gasteiger partial charge on any atom is -0.412 e. The first-order chi connectivity index (χ1) is 5.24. The molecule has 2 bridgehead atoms. The Morgan fingerprint density at radius 1 is 0.692 bits per heavy atom. The van der Waals surface area contributed by atoms with E-state index in [0.29, 0.717) is 0 Å². The van der Waals surface area contributed by atoms with Gasteiger partial charge in [0.05, 0.1) is 0 Å². The molecule has 0 atom stereocenters. The van der Waals surface area contributed by atoms with E-state index in [1.54, 1.807) is 0 Å². The molecular weight excluding hydrogens is 185 g/mol. The Balaban J connectivity index is 0.000000720. The van der Waals surface area contributed by atoms with E-state index < -0.39 is 29.3 Å². The average Bonchev–Trinajstić information content (AvgIpc) is 1.82. The van der Waals surface area contributed by atoms with Gasteiger partial charge in [-0.2, -0.15) is 0 Å². The van der Waals surface area contributed by atoms with E-state index in [0.717, 1.165) is 0 Å². The zero-order valence-corrected chi connectivity index (χ0v) is 6.45. The molecule has 13 heavy (non-hydrogen) atoms. The lowest BCUT2D eigenvalue weighted by Gasteiger charge is -2.31. The molecular formula is H7B4NO8. The van der Waals surface area contributed by atoms with E-state index in [4.69, 9.17) is 10.0 Å². The quantitative estimate of drug-likeness (QED) is 0.332. The van der Waals surface area contributed by atoms with Crippen LogP contribution in [0.15, 0.2) is 0 Å². The zero-order valence-electron chi connectivity index (χ0n) is 6.45. The summed E-state index contributed by atoms with van der Waals surface area (Å²) in [6, 6.07) is 0. The van der Waals surface area contributed by atoms with Crippen LogP contribution in [0.1, 0.15) is 0 Å². The highest BCUT2D eigenvalue weighted by Gasteiger charge is 2.52. The van der Waals surface area contributed by atoms with Gasteiger partial charge >= 0.3 is 29.3 Å². The molecule has 2 aliphatic heterocycles. The second-order valence-corrected chi connectivity index (χ2v) is 1.87. The minimum atomic E-state index is -1.45. The topological polar surface area (TPSA) is 153 Å². The van der Waals surface area contributed by atoms with Gasteiger partial charge in [0, 0.05) is 0 Å². The van der Waals surface area contributed by atoms with Crippen molar-refractivity contribution in [1.82, 2.24) is 6.15 Å². The first-order valence-corrected chi connectivity index (χ1v) is 2.87. The van der Waals surface area contributed by atoms with E-state index in [1.165, 1.54) is 0 Å². The van der Waals surface area contributed by atoms with Crippen LogP contribution >= 0.6 is 0 Å². The lowest BCUT2D eigenvalue weighted by molar-refractivity contribution is 0.0834. The third-order valence-corrected chi connectivity index (χ3v) is 1.13. The Morgan fingerprint density at radius 2 is 1.00 bits per heavy atom. The molecule has 0 unspecified atom stereocenters. The fourth-order valence-electron chi connectivity index (χ4n) is 0.728. The summed E-state index contributed by atoms with van der Waals surface area (Å²) in [5.41, 5.74) is 0. The molecule has 0 aliphatic carbocycles. The second kappa shape index (κ2) is 4.95. The van der Waals surface area contributed by atoms with E-state index in [2.05, 4.69) is 22.9 Å². The van der Waals surface area contributed by atoms with Crippen molar-refractivity contribution in [2.75, 3.05) is 0 Å². The summed E-state index contributed by atoms with van der Waals surface area (Å²) < 4.78 is 22.6. The standard InChI is InChI=1S/B4H2O7.H3N.H2O/c5-1-7-3-9-2(6)10-4(8-1)11-3;;/h5-6H;1H3;1H2. The van der Waals surface area contributed by atoms with E-state index >= 15 is 0 Å². The summed E-state index contributed by atoms with van der Waals surface area (Å²) in [6.07, 6.45) is 0. The number of fused-ring (bicyclic) bond motifs is 2. The summed E-state index contributed by atoms with van der Waals surface area (Å²) in [5.74, 6) is 0. The first kappa shape index (κ1) is 12.9. The largest absolute Gasteiger partial charge is 0.612 e. The van der Waals surface area contributed by atoms with Crippen LogP contribution in [-0.2, 0) is 22.9 Å². The number of hydrogen-bond donors (Lipinski definition) is 3. The molecule has 0 saturated carbocycles. The van der Waals surface area contributed by atoms with Crippen molar-refractivity contribution < 1.29 is 38.4 Å². The third kappa shape index (κ3) is 2.95. The summed E-state index contributed by atoms with van der Waals surface area (Å²) in [7, 11) is -5.20. The van der Waals surface area contributed by atoms with Gasteiger partial charge in [-0.05, 0) is 0 Å². The highest BCUT2D eigenvalue weighted by atomic mass is 16.9. The van der Waals surface area contributed by atoms with Gasteiger partial charge in [-0.1, -0.05) is 0 Å². The summed E-state index contributed by atoms with van der Waals surface area (Å²) >= 11 is 0. The van der Waals surface area contributed by atoms with Gasteiger partial charge in [0.1, 0.15) is 0 Å². The molecule has 0 aromatic heterocycles. The van der Waals surface area contributed by atoms with Crippen LogP contribution in [0, 0.1) is 0 Å². The van der Waals surface area contributed by atoms with Crippen LogP contribution in [0.5, 0.6) is 0 Å².